The van der Waals surface area contributed by atoms with Crippen molar-refractivity contribution < 1.29 is 31.9 Å². The van der Waals surface area contributed by atoms with Crippen molar-refractivity contribution in [2.45, 2.75) is 13.5 Å². The molecule has 0 aliphatic heterocycles. The Labute approximate surface area is 224 Å². The van der Waals surface area contributed by atoms with Crippen molar-refractivity contribution in [3.05, 3.63) is 64.5 Å². The highest BCUT2D eigenvalue weighted by atomic mass is 32.2. The van der Waals surface area contributed by atoms with E-state index in [9.17, 15) is 27.2 Å². The molecule has 0 saturated heterocycles. The smallest absolute Gasteiger partial charge is 0.326 e. The van der Waals surface area contributed by atoms with E-state index >= 15 is 0 Å². The van der Waals surface area contributed by atoms with E-state index in [0.717, 1.165) is 28.2 Å². The fraction of sp³-hybridized carbons (Fsp3) is 0.208. The number of anilines is 1. The fourth-order valence-electron chi connectivity index (χ4n) is 3.43. The maximum Gasteiger partial charge on any atom is 0.326 e. The van der Waals surface area contributed by atoms with Crippen molar-refractivity contribution in [1.29, 1.82) is 0 Å². The number of esters is 1. The molecular formula is C24H21FN4O6S3. The summed E-state index contributed by atoms with van der Waals surface area (Å²) in [6, 6.07) is 13.1. The molecule has 198 valence electrons. The number of carbonyl (C=O) groups is 3. The van der Waals surface area contributed by atoms with E-state index in [1.54, 1.807) is 12.3 Å². The Kier molecular flexibility index (Phi) is 8.44. The summed E-state index contributed by atoms with van der Waals surface area (Å²) in [5.41, 5.74) is 1.90. The van der Waals surface area contributed by atoms with Gasteiger partial charge in [0, 0.05) is 10.9 Å². The SMILES string of the molecule is CCOC(=O)Cn1c(=NC(=O)CS(=O)(=O)CC(=O)Nc2nc(-c3ccccc3)cs2)sc2cc(F)ccc21. The molecule has 10 nitrogen and oxygen atoms in total. The van der Waals surface area contributed by atoms with Gasteiger partial charge in [-0.1, -0.05) is 41.7 Å². The van der Waals surface area contributed by atoms with Gasteiger partial charge in [-0.3, -0.25) is 14.4 Å². The number of ether oxygens (including phenoxy) is 1. The topological polar surface area (TPSA) is 137 Å². The second kappa shape index (κ2) is 11.8. The monoisotopic (exact) mass is 576 g/mol. The Morgan fingerprint density at radius 1 is 1.13 bits per heavy atom. The van der Waals surface area contributed by atoms with Gasteiger partial charge in [0.05, 0.1) is 22.5 Å². The molecule has 0 saturated carbocycles. The first-order chi connectivity index (χ1) is 18.1. The highest BCUT2D eigenvalue weighted by molar-refractivity contribution is 7.92. The average molecular weight is 577 g/mol. The van der Waals surface area contributed by atoms with E-state index in [1.807, 2.05) is 30.3 Å². The Bertz CT molecular complexity index is 1680. The van der Waals surface area contributed by atoms with Gasteiger partial charge >= 0.3 is 5.97 Å². The van der Waals surface area contributed by atoms with Crippen LogP contribution >= 0.6 is 22.7 Å². The minimum Gasteiger partial charge on any atom is -0.465 e. The van der Waals surface area contributed by atoms with Crippen LogP contribution in [0.1, 0.15) is 6.92 Å². The van der Waals surface area contributed by atoms with Crippen molar-refractivity contribution in [3.8, 4) is 11.3 Å². The molecule has 2 aromatic heterocycles. The number of hydrogen-bond donors (Lipinski definition) is 1. The molecular weight excluding hydrogens is 555 g/mol. The van der Waals surface area contributed by atoms with Crippen LogP contribution in [0, 0.1) is 5.82 Å². The standard InChI is InChI=1S/C24H21FN4O6S3/c1-2-35-22(32)11-29-18-9-8-16(25)10-19(18)37-24(29)28-21(31)14-38(33,34)13-20(30)27-23-26-17(12-36-23)15-6-4-3-5-7-15/h3-10,12H,2,11,13-14H2,1H3,(H,26,27,30). The third kappa shape index (κ3) is 6.96. The van der Waals surface area contributed by atoms with Crippen LogP contribution < -0.4 is 10.1 Å². The minimum atomic E-state index is -4.18. The van der Waals surface area contributed by atoms with E-state index in [4.69, 9.17) is 4.74 Å². The molecule has 0 atom stereocenters. The maximum absolute atomic E-state index is 13.7. The average Bonchev–Trinajstić information content (AvgIpc) is 3.43. The van der Waals surface area contributed by atoms with Crippen LogP contribution in [-0.2, 0) is 35.5 Å². The lowest BCUT2D eigenvalue weighted by molar-refractivity contribution is -0.143. The molecule has 0 spiro atoms. The van der Waals surface area contributed by atoms with Crippen LogP contribution in [0.4, 0.5) is 9.52 Å². The Balaban J connectivity index is 1.47. The van der Waals surface area contributed by atoms with Crippen LogP contribution in [0.3, 0.4) is 0 Å². The Morgan fingerprint density at radius 3 is 2.63 bits per heavy atom. The maximum atomic E-state index is 13.7. The number of thiazole rings is 2. The Morgan fingerprint density at radius 2 is 1.89 bits per heavy atom. The van der Waals surface area contributed by atoms with E-state index in [-0.39, 0.29) is 23.1 Å². The largest absolute Gasteiger partial charge is 0.465 e. The number of nitrogens with one attached hydrogen (secondary N) is 1. The van der Waals surface area contributed by atoms with Crippen molar-refractivity contribution in [3.63, 3.8) is 0 Å². The van der Waals surface area contributed by atoms with E-state index in [0.29, 0.717) is 15.9 Å². The predicted molar refractivity (Wildman–Crippen MR) is 142 cm³/mol. The van der Waals surface area contributed by atoms with Crippen LogP contribution in [0.2, 0.25) is 0 Å². The predicted octanol–water partition coefficient (Wildman–Crippen LogP) is 3.01. The first kappa shape index (κ1) is 27.3. The zero-order valence-corrected chi connectivity index (χ0v) is 22.4. The van der Waals surface area contributed by atoms with Gasteiger partial charge in [0.25, 0.3) is 5.91 Å². The number of aromatic nitrogens is 2. The van der Waals surface area contributed by atoms with Crippen LogP contribution in [0.15, 0.2) is 58.9 Å². The summed E-state index contributed by atoms with van der Waals surface area (Å²) < 4.78 is 45.5. The molecule has 0 aliphatic rings. The molecule has 0 fully saturated rings. The third-order valence-electron chi connectivity index (χ3n) is 4.97. The van der Waals surface area contributed by atoms with Crippen LogP contribution in [0.5, 0.6) is 0 Å². The number of hydrogen-bond acceptors (Lipinski definition) is 9. The number of fused-ring (bicyclic) bond motifs is 1. The summed E-state index contributed by atoms with van der Waals surface area (Å²) in [6.45, 7) is 1.46. The molecule has 2 heterocycles. The minimum absolute atomic E-state index is 0.000434. The first-order valence-electron chi connectivity index (χ1n) is 11.2. The summed E-state index contributed by atoms with van der Waals surface area (Å²) in [7, 11) is -4.18. The molecule has 0 unspecified atom stereocenters. The zero-order valence-electron chi connectivity index (χ0n) is 19.9. The Hall–Kier alpha value is -3.75. The summed E-state index contributed by atoms with van der Waals surface area (Å²) >= 11 is 2.05. The molecule has 0 radical (unpaired) electrons. The number of amides is 2. The normalized spacial score (nSPS) is 12.0. The van der Waals surface area contributed by atoms with Crippen molar-refractivity contribution in [2.75, 3.05) is 23.4 Å². The van der Waals surface area contributed by atoms with Crippen molar-refractivity contribution >= 4 is 65.6 Å². The van der Waals surface area contributed by atoms with Crippen LogP contribution in [0.25, 0.3) is 21.5 Å². The van der Waals surface area contributed by atoms with Gasteiger partial charge < -0.3 is 14.6 Å². The summed E-state index contributed by atoms with van der Waals surface area (Å²) in [4.78, 5) is 45.1. The van der Waals surface area contributed by atoms with Crippen molar-refractivity contribution in [1.82, 2.24) is 9.55 Å². The molecule has 4 aromatic rings. The van der Waals surface area contributed by atoms with E-state index < -0.39 is 44.9 Å². The molecule has 2 aromatic carbocycles. The zero-order chi connectivity index (χ0) is 27.3. The van der Waals surface area contributed by atoms with Gasteiger partial charge in [-0.15, -0.1) is 11.3 Å². The third-order valence-corrected chi connectivity index (χ3v) is 8.16. The van der Waals surface area contributed by atoms with Gasteiger partial charge in [-0.25, -0.2) is 17.8 Å². The van der Waals surface area contributed by atoms with Gasteiger partial charge in [0.15, 0.2) is 19.8 Å². The molecule has 38 heavy (non-hydrogen) atoms. The number of benzene rings is 2. The molecule has 14 heteroatoms. The summed E-state index contributed by atoms with van der Waals surface area (Å²) in [5.74, 6) is -4.99. The lowest BCUT2D eigenvalue weighted by Crippen LogP contribution is -2.28. The molecule has 0 bridgehead atoms. The van der Waals surface area contributed by atoms with Gasteiger partial charge in [0.1, 0.15) is 23.9 Å². The van der Waals surface area contributed by atoms with Gasteiger partial charge in [0.2, 0.25) is 5.91 Å². The van der Waals surface area contributed by atoms with Gasteiger partial charge in [-0.2, -0.15) is 4.99 Å². The number of sulfone groups is 1. The second-order valence-corrected chi connectivity index (χ2v) is 11.8. The summed E-state index contributed by atoms with van der Waals surface area (Å²) in [5, 5.41) is 4.38. The second-order valence-electron chi connectivity index (χ2n) is 7.88. The van der Waals surface area contributed by atoms with E-state index in [1.165, 1.54) is 22.8 Å². The number of halogens is 1. The quantitative estimate of drug-likeness (QED) is 0.303. The number of nitrogens with zero attached hydrogens (tertiary/aromatic N) is 3. The van der Waals surface area contributed by atoms with Crippen molar-refractivity contribution in [2.24, 2.45) is 4.99 Å². The first-order valence-corrected chi connectivity index (χ1v) is 14.7. The molecule has 2 amide bonds. The fourth-order valence-corrected chi connectivity index (χ4v) is 6.25. The van der Waals surface area contributed by atoms with E-state index in [2.05, 4.69) is 15.3 Å². The lowest BCUT2D eigenvalue weighted by atomic mass is 10.2. The number of rotatable bonds is 9. The molecule has 0 aliphatic carbocycles. The highest BCUT2D eigenvalue weighted by Gasteiger charge is 2.22. The van der Waals surface area contributed by atoms with Gasteiger partial charge in [-0.05, 0) is 25.1 Å². The lowest BCUT2D eigenvalue weighted by Gasteiger charge is -2.05. The molecule has 4 rings (SSSR count). The highest BCUT2D eigenvalue weighted by Crippen LogP contribution is 2.24. The van der Waals surface area contributed by atoms with Crippen LogP contribution in [-0.4, -0.2) is 53.9 Å². The number of carbonyl (C=O) groups excluding carboxylic acids is 3. The summed E-state index contributed by atoms with van der Waals surface area (Å²) in [6.07, 6.45) is 0. The molecule has 1 N–H and O–H groups in total.